The molecule has 1 heterocycles. The summed E-state index contributed by atoms with van der Waals surface area (Å²) in [4.78, 5) is 0.399. The van der Waals surface area contributed by atoms with E-state index in [4.69, 9.17) is 4.74 Å². The minimum atomic E-state index is -3.39. The van der Waals surface area contributed by atoms with Gasteiger partial charge in [0, 0.05) is 13.2 Å². The molecule has 21 heavy (non-hydrogen) atoms. The Morgan fingerprint density at radius 1 is 1.14 bits per heavy atom. The molecule has 1 fully saturated rings. The number of aryl methyl sites for hydroxylation is 2. The summed E-state index contributed by atoms with van der Waals surface area (Å²) in [7, 11) is -3.39. The summed E-state index contributed by atoms with van der Waals surface area (Å²) in [5, 5.41) is 0. The van der Waals surface area contributed by atoms with Gasteiger partial charge in [0.25, 0.3) is 0 Å². The summed E-state index contributed by atoms with van der Waals surface area (Å²) in [5.41, 5.74) is 2.50. The fraction of sp³-hybridized carbons (Fsp3) is 0.625. The van der Waals surface area contributed by atoms with Gasteiger partial charge in [-0.1, -0.05) is 6.07 Å². The quantitative estimate of drug-likeness (QED) is 0.909. The Morgan fingerprint density at radius 2 is 1.95 bits per heavy atom. The van der Waals surface area contributed by atoms with Gasteiger partial charge < -0.3 is 4.74 Å². The molecule has 1 N–H and O–H groups in total. The van der Waals surface area contributed by atoms with Gasteiger partial charge in [-0.15, -0.1) is 0 Å². The van der Waals surface area contributed by atoms with Gasteiger partial charge in [0.05, 0.1) is 11.0 Å². The van der Waals surface area contributed by atoms with Crippen molar-refractivity contribution in [3.63, 3.8) is 0 Å². The Bertz CT molecular complexity index is 592. The van der Waals surface area contributed by atoms with E-state index in [1.54, 1.807) is 6.07 Å². The minimum Gasteiger partial charge on any atom is -0.378 e. The molecule has 0 spiro atoms. The standard InChI is InChI=1S/C16H23NO3S/c18-21(19,17-10-9-15-6-3-11-20-15)16-8-7-13-4-1-2-5-14(13)12-16/h7-8,12,15,17H,1-6,9-11H2/t15-/m1/s1. The molecule has 0 radical (unpaired) electrons. The van der Waals surface area contributed by atoms with Gasteiger partial charge in [0.2, 0.25) is 10.0 Å². The van der Waals surface area contributed by atoms with E-state index in [9.17, 15) is 8.42 Å². The van der Waals surface area contributed by atoms with Crippen molar-refractivity contribution >= 4 is 10.0 Å². The lowest BCUT2D eigenvalue weighted by Crippen LogP contribution is -2.27. The zero-order valence-corrected chi connectivity index (χ0v) is 13.1. The topological polar surface area (TPSA) is 55.4 Å². The number of sulfonamides is 1. The number of nitrogens with one attached hydrogen (secondary N) is 1. The van der Waals surface area contributed by atoms with Crippen LogP contribution in [0.1, 0.15) is 43.2 Å². The van der Waals surface area contributed by atoms with Gasteiger partial charge in [0.15, 0.2) is 0 Å². The van der Waals surface area contributed by atoms with Crippen LogP contribution < -0.4 is 4.72 Å². The molecule has 116 valence electrons. The summed E-state index contributed by atoms with van der Waals surface area (Å²) in [6.07, 6.45) is 7.53. The second-order valence-corrected chi connectivity index (χ2v) is 7.73. The monoisotopic (exact) mass is 309 g/mol. The average Bonchev–Trinajstić information content (AvgIpc) is 3.00. The van der Waals surface area contributed by atoms with E-state index >= 15 is 0 Å². The molecular formula is C16H23NO3S. The van der Waals surface area contributed by atoms with Crippen molar-refractivity contribution in [3.05, 3.63) is 29.3 Å². The smallest absolute Gasteiger partial charge is 0.240 e. The first-order valence-corrected chi connectivity index (χ1v) is 9.36. The molecule has 5 heteroatoms. The van der Waals surface area contributed by atoms with E-state index < -0.39 is 10.0 Å². The predicted octanol–water partition coefficient (Wildman–Crippen LogP) is 2.41. The first-order chi connectivity index (χ1) is 10.1. The van der Waals surface area contributed by atoms with Crippen LogP contribution in [-0.4, -0.2) is 27.7 Å². The van der Waals surface area contributed by atoms with Crippen molar-refractivity contribution in [2.75, 3.05) is 13.2 Å². The number of fused-ring (bicyclic) bond motifs is 1. The van der Waals surface area contributed by atoms with Gasteiger partial charge in [-0.3, -0.25) is 0 Å². The molecule has 1 atom stereocenters. The molecule has 3 rings (SSSR count). The highest BCUT2D eigenvalue weighted by molar-refractivity contribution is 7.89. The summed E-state index contributed by atoms with van der Waals surface area (Å²) < 4.78 is 32.9. The van der Waals surface area contributed by atoms with Crippen molar-refractivity contribution < 1.29 is 13.2 Å². The Balaban J connectivity index is 1.63. The van der Waals surface area contributed by atoms with Crippen LogP contribution in [0.4, 0.5) is 0 Å². The Labute approximate surface area is 126 Å². The number of hydrogen-bond acceptors (Lipinski definition) is 3. The van der Waals surface area contributed by atoms with Crippen LogP contribution in [-0.2, 0) is 27.6 Å². The van der Waals surface area contributed by atoms with E-state index in [0.717, 1.165) is 45.1 Å². The van der Waals surface area contributed by atoms with Gasteiger partial charge in [0.1, 0.15) is 0 Å². The third-order valence-corrected chi connectivity index (χ3v) is 5.87. The lowest BCUT2D eigenvalue weighted by atomic mass is 9.92. The van der Waals surface area contributed by atoms with Crippen LogP contribution in [0.25, 0.3) is 0 Å². The van der Waals surface area contributed by atoms with Crippen LogP contribution in [0.3, 0.4) is 0 Å². The van der Waals surface area contributed by atoms with Gasteiger partial charge in [-0.2, -0.15) is 0 Å². The highest BCUT2D eigenvalue weighted by atomic mass is 32.2. The Morgan fingerprint density at radius 3 is 2.71 bits per heavy atom. The summed E-state index contributed by atoms with van der Waals surface area (Å²) in [6, 6.07) is 5.56. The molecule has 1 aromatic carbocycles. The molecule has 0 bridgehead atoms. The number of hydrogen-bond donors (Lipinski definition) is 1. The summed E-state index contributed by atoms with van der Waals surface area (Å²) in [6.45, 7) is 1.26. The maximum atomic E-state index is 12.3. The summed E-state index contributed by atoms with van der Waals surface area (Å²) in [5.74, 6) is 0. The number of rotatable bonds is 5. The third kappa shape index (κ3) is 3.65. The Kier molecular flexibility index (Phi) is 4.62. The number of benzene rings is 1. The minimum absolute atomic E-state index is 0.219. The zero-order valence-electron chi connectivity index (χ0n) is 12.3. The summed E-state index contributed by atoms with van der Waals surface area (Å²) >= 11 is 0. The lowest BCUT2D eigenvalue weighted by Gasteiger charge is -2.17. The first kappa shape index (κ1) is 15.0. The molecule has 4 nitrogen and oxygen atoms in total. The van der Waals surface area contributed by atoms with Crippen molar-refractivity contribution in [1.82, 2.24) is 4.72 Å². The van der Waals surface area contributed by atoms with Gasteiger partial charge in [-0.25, -0.2) is 13.1 Å². The molecule has 1 aliphatic heterocycles. The predicted molar refractivity (Wildman–Crippen MR) is 81.9 cm³/mol. The number of ether oxygens (including phenoxy) is 1. The largest absolute Gasteiger partial charge is 0.378 e. The first-order valence-electron chi connectivity index (χ1n) is 7.88. The highest BCUT2D eigenvalue weighted by Crippen LogP contribution is 2.24. The van der Waals surface area contributed by atoms with Gasteiger partial charge >= 0.3 is 0 Å². The Hall–Kier alpha value is -0.910. The normalized spacial score (nSPS) is 22.2. The SMILES string of the molecule is O=S(=O)(NCC[C@H]1CCCO1)c1ccc2c(c1)CCCC2. The van der Waals surface area contributed by atoms with Crippen LogP contribution in [0.5, 0.6) is 0 Å². The molecule has 0 amide bonds. The van der Waals surface area contributed by atoms with E-state index in [-0.39, 0.29) is 6.10 Å². The van der Waals surface area contributed by atoms with Crippen LogP contribution in [0.15, 0.2) is 23.1 Å². The zero-order chi connectivity index (χ0) is 14.7. The molecule has 1 aromatic rings. The molecule has 0 saturated carbocycles. The van der Waals surface area contributed by atoms with Crippen molar-refractivity contribution in [1.29, 1.82) is 0 Å². The van der Waals surface area contributed by atoms with Crippen LogP contribution in [0, 0.1) is 0 Å². The van der Waals surface area contributed by atoms with E-state index in [1.807, 2.05) is 12.1 Å². The molecule has 2 aliphatic rings. The van der Waals surface area contributed by atoms with Crippen molar-refractivity contribution in [2.24, 2.45) is 0 Å². The van der Waals surface area contributed by atoms with E-state index in [2.05, 4.69) is 4.72 Å². The fourth-order valence-corrected chi connectivity index (χ4v) is 4.28. The fourth-order valence-electron chi connectivity index (χ4n) is 3.19. The molecule has 0 unspecified atom stereocenters. The van der Waals surface area contributed by atoms with Crippen molar-refractivity contribution in [2.45, 2.75) is 55.9 Å². The average molecular weight is 309 g/mol. The van der Waals surface area contributed by atoms with Crippen LogP contribution >= 0.6 is 0 Å². The highest BCUT2D eigenvalue weighted by Gasteiger charge is 2.19. The maximum absolute atomic E-state index is 12.3. The second-order valence-electron chi connectivity index (χ2n) is 5.96. The maximum Gasteiger partial charge on any atom is 0.240 e. The van der Waals surface area contributed by atoms with Gasteiger partial charge in [-0.05, 0) is 68.2 Å². The van der Waals surface area contributed by atoms with Crippen LogP contribution in [0.2, 0.25) is 0 Å². The third-order valence-electron chi connectivity index (χ3n) is 4.41. The second kappa shape index (κ2) is 6.46. The lowest BCUT2D eigenvalue weighted by molar-refractivity contribution is 0.105. The molecule has 0 aromatic heterocycles. The molecular weight excluding hydrogens is 286 g/mol. The van der Waals surface area contributed by atoms with E-state index in [1.165, 1.54) is 17.5 Å². The molecule has 1 aliphatic carbocycles. The van der Waals surface area contributed by atoms with E-state index in [0.29, 0.717) is 11.4 Å². The molecule has 1 saturated heterocycles. The van der Waals surface area contributed by atoms with Crippen molar-refractivity contribution in [3.8, 4) is 0 Å².